The van der Waals surface area contributed by atoms with Gasteiger partial charge in [0.15, 0.2) is 5.96 Å². The molecule has 221 valence electrons. The van der Waals surface area contributed by atoms with E-state index in [1.165, 1.54) is 6.92 Å². The molecule has 0 rings (SSSR count). The summed E-state index contributed by atoms with van der Waals surface area (Å²) < 4.78 is 8.22. The van der Waals surface area contributed by atoms with Crippen LogP contribution in [0.3, 0.4) is 0 Å². The van der Waals surface area contributed by atoms with E-state index in [0.29, 0.717) is 38.4 Å². The summed E-state index contributed by atoms with van der Waals surface area (Å²) >= 11 is 5.80. The maximum atomic E-state index is 12.5. The van der Waals surface area contributed by atoms with Crippen molar-refractivity contribution in [3.63, 3.8) is 0 Å². The predicted molar refractivity (Wildman–Crippen MR) is 141 cm³/mol. The van der Waals surface area contributed by atoms with E-state index in [0.717, 1.165) is 18.9 Å². The van der Waals surface area contributed by atoms with Gasteiger partial charge in [-0.2, -0.15) is 5.75 Å². The van der Waals surface area contributed by atoms with E-state index in [9.17, 15) is 29.1 Å². The van der Waals surface area contributed by atoms with Crippen molar-refractivity contribution in [3.05, 3.63) is 16.1 Å². The summed E-state index contributed by atoms with van der Waals surface area (Å²) in [6.07, 6.45) is 2.04. The molecule has 0 aliphatic carbocycles. The molecule has 0 saturated carbocycles. The molecule has 0 aromatic rings. The van der Waals surface area contributed by atoms with Crippen molar-refractivity contribution in [1.82, 2.24) is 10.7 Å². The number of hydrogen-bond donors (Lipinski definition) is 6. The molecule has 0 radical (unpaired) electrons. The summed E-state index contributed by atoms with van der Waals surface area (Å²) in [5.41, 5.74) is 22.3. The molecule has 18 heteroatoms. The molecular formula is C21H37N9O7STc. The van der Waals surface area contributed by atoms with Crippen molar-refractivity contribution in [3.8, 4) is 0 Å². The molecule has 0 aliphatic heterocycles. The number of aliphatic hydroxyl groups is 1. The van der Waals surface area contributed by atoms with Gasteiger partial charge in [-0.15, -0.1) is 0 Å². The summed E-state index contributed by atoms with van der Waals surface area (Å²) in [5.74, 6) is -2.65. The second-order valence-electron chi connectivity index (χ2n) is 8.02. The Balaban J connectivity index is 0. The predicted octanol–water partition coefficient (Wildman–Crippen LogP) is -2.36. The summed E-state index contributed by atoms with van der Waals surface area (Å²) in [6, 6.07) is -4.14. The minimum absolute atomic E-state index is 0.0872. The van der Waals surface area contributed by atoms with Crippen LogP contribution in [0.15, 0.2) is 4.99 Å². The SMILES string of the molecule is C[C@H](O)[C@H](C=O)N[N-]C(CCCCN)C(=O)[N-]CC(=O)[N-]C(C[S-])C(=O)N[C@@H](C=O)CCCN=C(N)N.[O]=[Tc+4]. The van der Waals surface area contributed by atoms with Crippen molar-refractivity contribution < 1.29 is 51.4 Å². The fraction of sp³-hybridized carbons (Fsp3) is 0.714. The van der Waals surface area contributed by atoms with Gasteiger partial charge in [-0.25, -0.2) is 0 Å². The topological polar surface area (TPSA) is 279 Å². The van der Waals surface area contributed by atoms with Gasteiger partial charge in [0, 0.05) is 18.4 Å². The first kappa shape index (κ1) is 38.8. The van der Waals surface area contributed by atoms with Crippen LogP contribution < -0.4 is 27.9 Å². The molecule has 0 aliphatic rings. The maximum absolute atomic E-state index is 12.5. The fourth-order valence-electron chi connectivity index (χ4n) is 2.76. The molecule has 0 saturated heterocycles. The molecule has 3 amide bonds. The number of nitrogens with zero attached hydrogens (tertiary/aromatic N) is 4. The van der Waals surface area contributed by atoms with Gasteiger partial charge in [-0.05, 0) is 32.7 Å². The van der Waals surface area contributed by atoms with E-state index in [2.05, 4.69) is 31.8 Å². The van der Waals surface area contributed by atoms with Crippen LogP contribution >= 0.6 is 0 Å². The zero-order chi connectivity index (χ0) is 30.2. The molecule has 0 spiro atoms. The van der Waals surface area contributed by atoms with E-state index in [1.54, 1.807) is 0 Å². The molecule has 16 nitrogen and oxygen atoms in total. The molecule has 0 bridgehead atoms. The van der Waals surface area contributed by atoms with Gasteiger partial charge in [0.2, 0.25) is 5.91 Å². The Hall–Kier alpha value is -2.34. The average molecular weight is 658 g/mol. The Morgan fingerprint density at radius 3 is 2.26 bits per heavy atom. The van der Waals surface area contributed by atoms with Crippen molar-refractivity contribution >= 4 is 48.9 Å². The Bertz CT molecular complexity index is 776. The second-order valence-corrected chi connectivity index (χ2v) is 8.35. The van der Waals surface area contributed by atoms with Crippen molar-refractivity contribution in [2.24, 2.45) is 22.2 Å². The zero-order valence-corrected chi connectivity index (χ0v) is 24.3. The first-order valence-electron chi connectivity index (χ1n) is 11.9. The summed E-state index contributed by atoms with van der Waals surface area (Å²) in [4.78, 5) is 63.2. The van der Waals surface area contributed by atoms with Gasteiger partial charge in [0.25, 0.3) is 0 Å². The third-order valence-corrected chi connectivity index (χ3v) is 5.17. The van der Waals surface area contributed by atoms with Crippen LogP contribution in [0.2, 0.25) is 0 Å². The zero-order valence-electron chi connectivity index (χ0n) is 21.6. The monoisotopic (exact) mass is 656 g/mol. The quantitative estimate of drug-likeness (QED) is 0.0189. The molecular weight excluding hydrogens is 620 g/mol. The molecule has 0 heterocycles. The number of aldehydes is 2. The number of carbonyl (C=O) groups is 5. The van der Waals surface area contributed by atoms with Gasteiger partial charge in [-0.1, -0.05) is 31.5 Å². The van der Waals surface area contributed by atoms with Crippen molar-refractivity contribution in [2.45, 2.75) is 69.3 Å². The molecule has 0 aromatic heterocycles. The van der Waals surface area contributed by atoms with E-state index in [-0.39, 0.29) is 31.1 Å². The number of aliphatic imine (C=N–C) groups is 1. The molecule has 39 heavy (non-hydrogen) atoms. The van der Waals surface area contributed by atoms with Gasteiger partial charge >= 0.3 is 22.4 Å². The van der Waals surface area contributed by atoms with Crippen LogP contribution in [0, 0.1) is 0 Å². The number of nitrogens with two attached hydrogens (primary N) is 3. The Kier molecular flexibility index (Phi) is 24.6. The Labute approximate surface area is 243 Å². The Morgan fingerprint density at radius 1 is 1.08 bits per heavy atom. The summed E-state index contributed by atoms with van der Waals surface area (Å²) in [7, 11) is 0. The van der Waals surface area contributed by atoms with Crippen LogP contribution in [-0.4, -0.2) is 97.0 Å². The van der Waals surface area contributed by atoms with Crippen molar-refractivity contribution in [2.75, 3.05) is 25.4 Å². The number of amides is 3. The number of guanidine groups is 1. The third-order valence-electron chi connectivity index (χ3n) is 4.85. The van der Waals surface area contributed by atoms with Crippen molar-refractivity contribution in [1.29, 1.82) is 0 Å². The average Bonchev–Trinajstić information content (AvgIpc) is 2.91. The second kappa shape index (κ2) is 24.7. The van der Waals surface area contributed by atoms with E-state index in [4.69, 9.17) is 33.3 Å². The molecule has 0 fully saturated rings. The first-order valence-corrected chi connectivity index (χ1v) is 13.2. The fourth-order valence-corrected chi connectivity index (χ4v) is 2.99. The number of nitrogens with one attached hydrogen (secondary N) is 2. The molecule has 5 atom stereocenters. The third kappa shape index (κ3) is 19.4. The number of carbonyl (C=O) groups excluding carboxylic acids is 5. The standard InChI is InChI=1S/C21H40N9O6S.O.Tc/c1-13(33)16(11-32)30-29-15(6-2-3-7-22)19(35)26-9-18(34)28-17(12-37)20(36)27-14(10-31)5-4-8-25-21(23)24;;/h10-11,13-17,30,33H,2-9,12,22H2,1H3,(H8,23,24,25,26,27,28,34,35,36,37);;/q-1;;+4/p-3/t13-,14+,15?,16-,17?;;/m0../s1. The van der Waals surface area contributed by atoms with Crippen LogP contribution in [0.5, 0.6) is 0 Å². The normalized spacial score (nSPS) is 14.2. The number of hydrogen-bond acceptors (Lipinski definition) is 11. The number of aliphatic hydroxyl groups excluding tert-OH is 1. The van der Waals surface area contributed by atoms with Gasteiger partial charge in [0.05, 0.1) is 18.2 Å². The molecule has 0 aromatic carbocycles. The minimum atomic E-state index is -1.25. The number of rotatable bonds is 21. The van der Waals surface area contributed by atoms with Gasteiger partial charge in [-0.3, -0.25) is 9.79 Å². The summed E-state index contributed by atoms with van der Waals surface area (Å²) in [5, 5.41) is 19.4. The van der Waals surface area contributed by atoms with Crippen LogP contribution in [-0.2, 0) is 59.0 Å². The van der Waals surface area contributed by atoms with E-state index in [1.807, 2.05) is 0 Å². The van der Waals surface area contributed by atoms with Crippen LogP contribution in [0.25, 0.3) is 16.1 Å². The van der Waals surface area contributed by atoms with E-state index >= 15 is 0 Å². The Morgan fingerprint density at radius 2 is 1.74 bits per heavy atom. The number of unbranched alkanes of at least 4 members (excludes halogenated alkanes) is 1. The van der Waals surface area contributed by atoms with Crippen LogP contribution in [0.1, 0.15) is 39.0 Å². The van der Waals surface area contributed by atoms with E-state index < -0.39 is 54.5 Å². The summed E-state index contributed by atoms with van der Waals surface area (Å²) in [6.45, 7) is 1.41. The van der Waals surface area contributed by atoms with Crippen LogP contribution in [0.4, 0.5) is 0 Å². The van der Waals surface area contributed by atoms with Gasteiger partial charge in [0.1, 0.15) is 12.6 Å². The van der Waals surface area contributed by atoms with Gasteiger partial charge < -0.3 is 80.9 Å². The molecule has 2 unspecified atom stereocenters. The first-order chi connectivity index (χ1) is 18.6. The molecule has 9 N–H and O–H groups in total.